The normalized spacial score (nSPS) is 15.7. The van der Waals surface area contributed by atoms with Crippen molar-refractivity contribution < 1.29 is 4.79 Å². The van der Waals surface area contributed by atoms with Crippen molar-refractivity contribution in [2.24, 2.45) is 0 Å². The minimum Gasteiger partial charge on any atom is -0.294 e. The second-order valence-corrected chi connectivity index (χ2v) is 8.72. The Bertz CT molecular complexity index is 999. The molecule has 4 rings (SSSR count). The monoisotopic (exact) mass is 397 g/mol. The molecule has 1 aliphatic rings. The van der Waals surface area contributed by atoms with Crippen LogP contribution in [0.25, 0.3) is 0 Å². The lowest BCUT2D eigenvalue weighted by Crippen LogP contribution is -2.11. The molecule has 0 radical (unpaired) electrons. The van der Waals surface area contributed by atoms with E-state index >= 15 is 0 Å². The molecule has 0 N–H and O–H groups in total. The number of hydrogen-bond acceptors (Lipinski definition) is 2. The molecule has 1 atom stereocenters. The molecule has 0 bridgehead atoms. The van der Waals surface area contributed by atoms with E-state index in [0.717, 1.165) is 11.3 Å². The fourth-order valence-corrected chi connectivity index (χ4v) is 4.84. The molecule has 1 aromatic heterocycles. The predicted molar refractivity (Wildman–Crippen MR) is 123 cm³/mol. The van der Waals surface area contributed by atoms with Crippen molar-refractivity contribution in [3.05, 3.63) is 100 Å². The molecule has 0 aliphatic heterocycles. The van der Waals surface area contributed by atoms with Gasteiger partial charge in [0.15, 0.2) is 5.78 Å². The molecule has 0 unspecified atom stereocenters. The third-order valence-electron chi connectivity index (χ3n) is 6.59. The van der Waals surface area contributed by atoms with Gasteiger partial charge in [0.2, 0.25) is 0 Å². The third-order valence-corrected chi connectivity index (χ3v) is 6.59. The van der Waals surface area contributed by atoms with Gasteiger partial charge in [0.25, 0.3) is 0 Å². The summed E-state index contributed by atoms with van der Waals surface area (Å²) in [5.74, 6) is 0.934. The fraction of sp³-hybridized carbons (Fsp3) is 0.357. The van der Waals surface area contributed by atoms with Gasteiger partial charge in [-0.1, -0.05) is 67.8 Å². The minimum absolute atomic E-state index is 0.0626. The van der Waals surface area contributed by atoms with Gasteiger partial charge in [-0.25, -0.2) is 0 Å². The standard InChI is InChI=1S/C28H31NO/c1-20-8-6-7-11-26(20)27(19-28(30)25-16-17-29-21(2)18-25)24-14-12-23(13-15-24)22-9-4-3-5-10-22/h6-8,11-18,22,27H,3-5,9-10,19H2,1-2H3/t27-/m1/s1. The Hall–Kier alpha value is -2.74. The van der Waals surface area contributed by atoms with Gasteiger partial charge in [-0.05, 0) is 67.0 Å². The number of hydrogen-bond donors (Lipinski definition) is 0. The number of pyridine rings is 1. The summed E-state index contributed by atoms with van der Waals surface area (Å²) in [6, 6.07) is 21.3. The van der Waals surface area contributed by atoms with E-state index in [-0.39, 0.29) is 11.7 Å². The van der Waals surface area contributed by atoms with Crippen LogP contribution in [-0.2, 0) is 0 Å². The van der Waals surface area contributed by atoms with Crippen LogP contribution in [0.5, 0.6) is 0 Å². The summed E-state index contributed by atoms with van der Waals surface area (Å²) in [7, 11) is 0. The average molecular weight is 398 g/mol. The van der Waals surface area contributed by atoms with Gasteiger partial charge < -0.3 is 0 Å². The molecule has 3 aromatic rings. The highest BCUT2D eigenvalue weighted by atomic mass is 16.1. The molecular weight excluding hydrogens is 366 g/mol. The molecule has 0 saturated heterocycles. The summed E-state index contributed by atoms with van der Waals surface area (Å²) in [5.41, 5.74) is 6.78. The molecular formula is C28H31NO. The van der Waals surface area contributed by atoms with E-state index in [1.54, 1.807) is 6.20 Å². The van der Waals surface area contributed by atoms with Gasteiger partial charge in [-0.2, -0.15) is 0 Å². The quantitative estimate of drug-likeness (QED) is 0.413. The molecule has 0 amide bonds. The molecule has 2 nitrogen and oxygen atoms in total. The molecule has 0 spiro atoms. The summed E-state index contributed by atoms with van der Waals surface area (Å²) in [4.78, 5) is 17.4. The van der Waals surface area contributed by atoms with E-state index in [1.165, 1.54) is 54.4 Å². The number of benzene rings is 2. The second kappa shape index (κ2) is 9.38. The Morgan fingerprint density at radius 1 is 0.967 bits per heavy atom. The first-order valence-electron chi connectivity index (χ1n) is 11.2. The van der Waals surface area contributed by atoms with Crippen LogP contribution in [0.2, 0.25) is 0 Å². The highest BCUT2D eigenvalue weighted by Gasteiger charge is 2.22. The van der Waals surface area contributed by atoms with Crippen molar-refractivity contribution in [2.75, 3.05) is 0 Å². The van der Waals surface area contributed by atoms with E-state index < -0.39 is 0 Å². The second-order valence-electron chi connectivity index (χ2n) is 8.72. The maximum Gasteiger partial charge on any atom is 0.163 e. The zero-order valence-electron chi connectivity index (χ0n) is 18.1. The average Bonchev–Trinajstić information content (AvgIpc) is 2.79. The summed E-state index contributed by atoms with van der Waals surface area (Å²) >= 11 is 0. The number of nitrogens with zero attached hydrogens (tertiary/aromatic N) is 1. The van der Waals surface area contributed by atoms with Gasteiger partial charge >= 0.3 is 0 Å². The molecule has 1 fully saturated rings. The van der Waals surface area contributed by atoms with Crippen LogP contribution in [-0.4, -0.2) is 10.8 Å². The van der Waals surface area contributed by atoms with Gasteiger partial charge in [0, 0.05) is 29.8 Å². The van der Waals surface area contributed by atoms with Crippen molar-refractivity contribution >= 4 is 5.78 Å². The van der Waals surface area contributed by atoms with Crippen molar-refractivity contribution in [2.45, 2.75) is 64.2 Å². The zero-order chi connectivity index (χ0) is 20.9. The predicted octanol–water partition coefficient (Wildman–Crippen LogP) is 7.15. The van der Waals surface area contributed by atoms with E-state index in [0.29, 0.717) is 12.3 Å². The SMILES string of the molecule is Cc1cc(C(=O)C[C@H](c2ccc(C3CCCCC3)cc2)c2ccccc2C)ccn1. The van der Waals surface area contributed by atoms with Crippen LogP contribution >= 0.6 is 0 Å². The van der Waals surface area contributed by atoms with Crippen LogP contribution in [0.15, 0.2) is 66.9 Å². The number of carbonyl (C=O) groups is 1. The molecule has 1 heterocycles. The number of aromatic nitrogens is 1. The smallest absolute Gasteiger partial charge is 0.163 e. The van der Waals surface area contributed by atoms with Crippen LogP contribution in [0.4, 0.5) is 0 Å². The lowest BCUT2D eigenvalue weighted by atomic mass is 9.81. The van der Waals surface area contributed by atoms with E-state index in [4.69, 9.17) is 0 Å². The summed E-state index contributed by atoms with van der Waals surface area (Å²) < 4.78 is 0. The van der Waals surface area contributed by atoms with Crippen LogP contribution in [0.1, 0.15) is 88.7 Å². The van der Waals surface area contributed by atoms with Crippen molar-refractivity contribution in [3.63, 3.8) is 0 Å². The van der Waals surface area contributed by atoms with Crippen molar-refractivity contribution in [1.82, 2.24) is 4.98 Å². The molecule has 1 saturated carbocycles. The third kappa shape index (κ3) is 4.70. The molecule has 2 aromatic carbocycles. The van der Waals surface area contributed by atoms with E-state index in [9.17, 15) is 4.79 Å². The molecule has 1 aliphatic carbocycles. The van der Waals surface area contributed by atoms with Gasteiger partial charge in [0.1, 0.15) is 0 Å². The Balaban J connectivity index is 1.63. The number of aryl methyl sites for hydroxylation is 2. The minimum atomic E-state index is 0.0626. The van der Waals surface area contributed by atoms with Crippen LogP contribution < -0.4 is 0 Å². The maximum atomic E-state index is 13.2. The molecule has 2 heteroatoms. The Labute approximate surface area is 180 Å². The van der Waals surface area contributed by atoms with Gasteiger partial charge in [-0.15, -0.1) is 0 Å². The first-order chi connectivity index (χ1) is 14.6. The Kier molecular flexibility index (Phi) is 6.42. The lowest BCUT2D eigenvalue weighted by molar-refractivity contribution is 0.0977. The van der Waals surface area contributed by atoms with Crippen LogP contribution in [0.3, 0.4) is 0 Å². The fourth-order valence-electron chi connectivity index (χ4n) is 4.84. The molecule has 154 valence electrons. The van der Waals surface area contributed by atoms with Crippen molar-refractivity contribution in [1.29, 1.82) is 0 Å². The highest BCUT2D eigenvalue weighted by molar-refractivity contribution is 5.96. The number of ketones is 1. The van der Waals surface area contributed by atoms with Crippen LogP contribution in [0, 0.1) is 13.8 Å². The number of carbonyl (C=O) groups excluding carboxylic acids is 1. The zero-order valence-corrected chi connectivity index (χ0v) is 18.1. The summed E-state index contributed by atoms with van der Waals surface area (Å²) in [6.07, 6.45) is 8.87. The number of rotatable bonds is 6. The van der Waals surface area contributed by atoms with Gasteiger partial charge in [-0.3, -0.25) is 9.78 Å². The van der Waals surface area contributed by atoms with Gasteiger partial charge in [0.05, 0.1) is 0 Å². The molecule has 30 heavy (non-hydrogen) atoms. The van der Waals surface area contributed by atoms with Crippen molar-refractivity contribution in [3.8, 4) is 0 Å². The highest BCUT2D eigenvalue weighted by Crippen LogP contribution is 2.35. The topological polar surface area (TPSA) is 30.0 Å². The Morgan fingerprint density at radius 2 is 1.70 bits per heavy atom. The summed E-state index contributed by atoms with van der Waals surface area (Å²) in [5, 5.41) is 0. The first-order valence-corrected chi connectivity index (χ1v) is 11.2. The Morgan fingerprint density at radius 3 is 2.40 bits per heavy atom. The maximum absolute atomic E-state index is 13.2. The number of Topliss-reactive ketones (excluding diaryl/α,β-unsaturated/α-hetero) is 1. The van der Waals surface area contributed by atoms with E-state index in [1.807, 2.05) is 19.1 Å². The first kappa shape index (κ1) is 20.5. The largest absolute Gasteiger partial charge is 0.294 e. The summed E-state index contributed by atoms with van der Waals surface area (Å²) in [6.45, 7) is 4.07. The van der Waals surface area contributed by atoms with E-state index in [2.05, 4.69) is 60.4 Å². The lowest BCUT2D eigenvalue weighted by Gasteiger charge is -2.24.